The summed E-state index contributed by atoms with van der Waals surface area (Å²) >= 11 is 0. The Morgan fingerprint density at radius 1 is 1.09 bits per heavy atom. The van der Waals surface area contributed by atoms with Crippen LogP contribution in [0.4, 0.5) is 0 Å². The summed E-state index contributed by atoms with van der Waals surface area (Å²) in [6.07, 6.45) is 4.89. The van der Waals surface area contributed by atoms with Gasteiger partial charge >= 0.3 is 0 Å². The van der Waals surface area contributed by atoms with E-state index in [1.54, 1.807) is 0 Å². The largest absolute Gasteiger partial charge is 0.357 e. The second-order valence-electron chi connectivity index (χ2n) is 2.59. The molecule has 2 nitrogen and oxygen atoms in total. The zero-order chi connectivity index (χ0) is 7.56. The van der Waals surface area contributed by atoms with Gasteiger partial charge in [-0.15, -0.1) is 12.4 Å². The lowest BCUT2D eigenvalue weighted by molar-refractivity contribution is 0.182. The van der Waals surface area contributed by atoms with Gasteiger partial charge in [-0.3, -0.25) is 0 Å². The second-order valence-corrected chi connectivity index (χ2v) is 2.59. The molecule has 3 heteroatoms. The summed E-state index contributed by atoms with van der Waals surface area (Å²) in [4.78, 5) is 4.65. The van der Waals surface area contributed by atoms with Crippen molar-refractivity contribution in [2.45, 2.75) is 26.9 Å². The van der Waals surface area contributed by atoms with Crippen molar-refractivity contribution >= 4 is 12.4 Å². The van der Waals surface area contributed by atoms with E-state index < -0.39 is 0 Å². The normalized spacial score (nSPS) is 17.4. The maximum absolute atomic E-state index is 2.32. The Balaban J connectivity index is 0.000001000. The molecule has 0 radical (unpaired) electrons. The number of nitrogens with zero attached hydrogens (tertiary/aromatic N) is 2. The third-order valence-corrected chi connectivity index (χ3v) is 2.14. The molecule has 0 aromatic carbocycles. The summed E-state index contributed by atoms with van der Waals surface area (Å²) in [5.74, 6) is 0. The monoisotopic (exact) mass is 176 g/mol. The molecule has 1 aliphatic rings. The first-order valence-corrected chi connectivity index (χ1v) is 3.99. The molecular formula is C8H17ClN2. The van der Waals surface area contributed by atoms with Crippen molar-refractivity contribution in [3.63, 3.8) is 0 Å². The predicted octanol–water partition coefficient (Wildman–Crippen LogP) is 1.88. The lowest BCUT2D eigenvalue weighted by Crippen LogP contribution is -2.35. The molecule has 0 aromatic rings. The van der Waals surface area contributed by atoms with Gasteiger partial charge in [0.2, 0.25) is 0 Å². The van der Waals surface area contributed by atoms with Crippen molar-refractivity contribution < 1.29 is 0 Å². The van der Waals surface area contributed by atoms with Gasteiger partial charge < -0.3 is 9.80 Å². The maximum atomic E-state index is 2.32. The molecular weight excluding hydrogens is 160 g/mol. The highest BCUT2D eigenvalue weighted by Gasteiger charge is 2.17. The second kappa shape index (κ2) is 4.50. The molecule has 66 valence electrons. The molecule has 0 amide bonds. The van der Waals surface area contributed by atoms with Crippen molar-refractivity contribution in [3.05, 3.63) is 12.4 Å². The number of rotatable bonds is 2. The molecule has 0 spiro atoms. The van der Waals surface area contributed by atoms with Crippen LogP contribution in [0.15, 0.2) is 12.4 Å². The van der Waals surface area contributed by atoms with E-state index in [2.05, 4.69) is 43.0 Å². The first-order chi connectivity index (χ1) is 4.79. The average molecular weight is 177 g/mol. The van der Waals surface area contributed by atoms with Crippen LogP contribution in [0.1, 0.15) is 20.8 Å². The van der Waals surface area contributed by atoms with Gasteiger partial charge in [0.05, 0.1) is 6.17 Å². The van der Waals surface area contributed by atoms with E-state index in [0.717, 1.165) is 13.1 Å². The highest BCUT2D eigenvalue weighted by Crippen LogP contribution is 2.13. The van der Waals surface area contributed by atoms with E-state index in [0.29, 0.717) is 6.17 Å². The van der Waals surface area contributed by atoms with E-state index in [4.69, 9.17) is 0 Å². The van der Waals surface area contributed by atoms with E-state index in [-0.39, 0.29) is 12.4 Å². The summed E-state index contributed by atoms with van der Waals surface area (Å²) in [5.41, 5.74) is 0. The number of hydrogen-bond donors (Lipinski definition) is 0. The van der Waals surface area contributed by atoms with Gasteiger partial charge in [-0.05, 0) is 20.8 Å². The van der Waals surface area contributed by atoms with Gasteiger partial charge in [0.1, 0.15) is 0 Å². The number of halogens is 1. The van der Waals surface area contributed by atoms with Crippen LogP contribution in [0.5, 0.6) is 0 Å². The Morgan fingerprint density at radius 3 is 1.64 bits per heavy atom. The zero-order valence-corrected chi connectivity index (χ0v) is 8.27. The SMILES string of the molecule is CCN1C=CN(CC)C1C.Cl. The lowest BCUT2D eigenvalue weighted by Gasteiger charge is -2.27. The molecule has 1 aliphatic heterocycles. The quantitative estimate of drug-likeness (QED) is 0.634. The van der Waals surface area contributed by atoms with Crippen LogP contribution in [0, 0.1) is 0 Å². The molecule has 0 bridgehead atoms. The van der Waals surface area contributed by atoms with Crippen molar-refractivity contribution in [3.8, 4) is 0 Å². The fourth-order valence-corrected chi connectivity index (χ4v) is 1.35. The molecule has 0 atom stereocenters. The van der Waals surface area contributed by atoms with Gasteiger partial charge in [-0.2, -0.15) is 0 Å². The highest BCUT2D eigenvalue weighted by atomic mass is 35.5. The first-order valence-electron chi connectivity index (χ1n) is 3.99. The smallest absolute Gasteiger partial charge is 0.0977 e. The Kier molecular flexibility index (Phi) is 4.34. The van der Waals surface area contributed by atoms with Gasteiger partial charge in [0, 0.05) is 25.5 Å². The Morgan fingerprint density at radius 2 is 1.45 bits per heavy atom. The summed E-state index contributed by atoms with van der Waals surface area (Å²) in [6.45, 7) is 8.80. The molecule has 11 heavy (non-hydrogen) atoms. The molecule has 0 fully saturated rings. The summed E-state index contributed by atoms with van der Waals surface area (Å²) in [6, 6.07) is 0. The fourth-order valence-electron chi connectivity index (χ4n) is 1.35. The first kappa shape index (κ1) is 10.6. The van der Waals surface area contributed by atoms with Gasteiger partial charge in [0.15, 0.2) is 0 Å². The van der Waals surface area contributed by atoms with Crippen molar-refractivity contribution in [2.75, 3.05) is 13.1 Å². The van der Waals surface area contributed by atoms with Crippen molar-refractivity contribution in [2.24, 2.45) is 0 Å². The lowest BCUT2D eigenvalue weighted by atomic mass is 10.4. The minimum atomic E-state index is 0. The summed E-state index contributed by atoms with van der Waals surface area (Å²) in [7, 11) is 0. The molecule has 1 heterocycles. The van der Waals surface area contributed by atoms with E-state index in [1.165, 1.54) is 0 Å². The molecule has 0 N–H and O–H groups in total. The maximum Gasteiger partial charge on any atom is 0.0977 e. The molecule has 0 saturated heterocycles. The molecule has 0 unspecified atom stereocenters. The van der Waals surface area contributed by atoms with Gasteiger partial charge in [-0.25, -0.2) is 0 Å². The van der Waals surface area contributed by atoms with Crippen LogP contribution in [0.3, 0.4) is 0 Å². The van der Waals surface area contributed by atoms with Crippen LogP contribution < -0.4 is 0 Å². The Labute approximate surface area is 75.3 Å². The van der Waals surface area contributed by atoms with E-state index in [1.807, 2.05) is 0 Å². The Bertz CT molecular complexity index is 122. The van der Waals surface area contributed by atoms with Crippen LogP contribution in [-0.2, 0) is 0 Å². The fraction of sp³-hybridized carbons (Fsp3) is 0.750. The molecule has 0 saturated carbocycles. The van der Waals surface area contributed by atoms with E-state index >= 15 is 0 Å². The topological polar surface area (TPSA) is 6.48 Å². The summed E-state index contributed by atoms with van der Waals surface area (Å²) in [5, 5.41) is 0. The molecule has 1 rings (SSSR count). The van der Waals surface area contributed by atoms with Gasteiger partial charge in [-0.1, -0.05) is 0 Å². The predicted molar refractivity (Wildman–Crippen MR) is 50.6 cm³/mol. The van der Waals surface area contributed by atoms with Crippen LogP contribution in [-0.4, -0.2) is 29.1 Å². The third kappa shape index (κ3) is 2.03. The summed E-state index contributed by atoms with van der Waals surface area (Å²) < 4.78 is 0. The standard InChI is InChI=1S/C8H16N2.ClH/c1-4-9-6-7-10(5-2)8(9)3;/h6-8H,4-5H2,1-3H3;1H. The van der Waals surface area contributed by atoms with Crippen LogP contribution >= 0.6 is 12.4 Å². The zero-order valence-electron chi connectivity index (χ0n) is 7.45. The Hall–Kier alpha value is -0.370. The highest BCUT2D eigenvalue weighted by molar-refractivity contribution is 5.85. The third-order valence-electron chi connectivity index (χ3n) is 2.14. The molecule has 0 aromatic heterocycles. The van der Waals surface area contributed by atoms with Crippen LogP contribution in [0.25, 0.3) is 0 Å². The number of hydrogen-bond acceptors (Lipinski definition) is 2. The van der Waals surface area contributed by atoms with Crippen molar-refractivity contribution in [1.29, 1.82) is 0 Å². The van der Waals surface area contributed by atoms with Crippen molar-refractivity contribution in [1.82, 2.24) is 9.80 Å². The van der Waals surface area contributed by atoms with E-state index in [9.17, 15) is 0 Å². The minimum Gasteiger partial charge on any atom is -0.357 e. The van der Waals surface area contributed by atoms with Gasteiger partial charge in [0.25, 0.3) is 0 Å². The molecule has 0 aliphatic carbocycles. The van der Waals surface area contributed by atoms with Crippen LogP contribution in [0.2, 0.25) is 0 Å². The average Bonchev–Trinajstić information content (AvgIpc) is 2.30. The minimum absolute atomic E-state index is 0.